The Morgan fingerprint density at radius 1 is 1.39 bits per heavy atom. The first-order valence-corrected chi connectivity index (χ1v) is 6.15. The molecule has 0 aromatic heterocycles. The van der Waals surface area contributed by atoms with Crippen LogP contribution in [0.2, 0.25) is 0 Å². The Morgan fingerprint density at radius 3 is 2.50 bits per heavy atom. The highest BCUT2D eigenvalue weighted by molar-refractivity contribution is 7.92. The van der Waals surface area contributed by atoms with Gasteiger partial charge in [-0.2, -0.15) is 18.4 Å². The van der Waals surface area contributed by atoms with Gasteiger partial charge in [0.05, 0.1) is 23.5 Å². The molecule has 0 aliphatic heterocycles. The molecule has 8 heteroatoms. The van der Waals surface area contributed by atoms with Crippen molar-refractivity contribution >= 4 is 9.84 Å². The van der Waals surface area contributed by atoms with Crippen molar-refractivity contribution in [2.24, 2.45) is 0 Å². The van der Waals surface area contributed by atoms with Crippen LogP contribution in [0, 0.1) is 11.3 Å². The zero-order chi connectivity index (χ0) is 14.0. The second-order valence-electron chi connectivity index (χ2n) is 3.40. The van der Waals surface area contributed by atoms with E-state index in [1.807, 2.05) is 0 Å². The molecule has 1 aromatic rings. The second-order valence-corrected chi connectivity index (χ2v) is 5.34. The first-order valence-electron chi connectivity index (χ1n) is 4.66. The lowest BCUT2D eigenvalue weighted by Crippen LogP contribution is -2.23. The molecule has 1 rings (SSSR count). The Bertz CT molecular complexity index is 575. The lowest BCUT2D eigenvalue weighted by molar-refractivity contribution is -0.0436. The van der Waals surface area contributed by atoms with Crippen molar-refractivity contribution in [3.05, 3.63) is 29.8 Å². The van der Waals surface area contributed by atoms with E-state index in [0.717, 1.165) is 12.1 Å². The van der Waals surface area contributed by atoms with Crippen LogP contribution < -0.4 is 0 Å². The van der Waals surface area contributed by atoms with E-state index in [0.29, 0.717) is 6.07 Å². The van der Waals surface area contributed by atoms with Gasteiger partial charge in [0.1, 0.15) is 0 Å². The maximum absolute atomic E-state index is 12.3. The lowest BCUT2D eigenvalue weighted by Gasteiger charge is -2.11. The van der Waals surface area contributed by atoms with E-state index >= 15 is 0 Å². The van der Waals surface area contributed by atoms with E-state index in [2.05, 4.69) is 0 Å². The third-order valence-corrected chi connectivity index (χ3v) is 3.63. The van der Waals surface area contributed by atoms with Gasteiger partial charge in [-0.1, -0.05) is 12.1 Å². The molecule has 4 nitrogen and oxygen atoms in total. The fraction of sp³-hybridized carbons (Fsp3) is 0.300. The summed E-state index contributed by atoms with van der Waals surface area (Å²) in [5.74, 6) is 0. The fourth-order valence-electron chi connectivity index (χ4n) is 1.23. The van der Waals surface area contributed by atoms with E-state index in [-0.39, 0.29) is 12.0 Å². The van der Waals surface area contributed by atoms with Crippen molar-refractivity contribution in [1.82, 2.24) is 0 Å². The highest BCUT2D eigenvalue weighted by Gasteiger charge is 2.46. The normalized spacial score (nSPS) is 13.9. The molecule has 1 unspecified atom stereocenters. The van der Waals surface area contributed by atoms with Crippen molar-refractivity contribution in [3.63, 3.8) is 0 Å². The molecule has 0 saturated heterocycles. The van der Waals surface area contributed by atoms with Crippen LogP contribution >= 0.6 is 0 Å². The van der Waals surface area contributed by atoms with E-state index in [1.165, 1.54) is 6.07 Å². The number of aliphatic hydroxyl groups excluding tert-OH is 1. The van der Waals surface area contributed by atoms with Crippen LogP contribution in [0.3, 0.4) is 0 Å². The number of rotatable bonds is 3. The minimum absolute atomic E-state index is 0.0538. The van der Waals surface area contributed by atoms with Crippen LogP contribution in [-0.2, 0) is 9.84 Å². The zero-order valence-corrected chi connectivity index (χ0v) is 9.66. The lowest BCUT2D eigenvalue weighted by atomic mass is 10.1. The zero-order valence-electron chi connectivity index (χ0n) is 8.85. The summed E-state index contributed by atoms with van der Waals surface area (Å²) in [4.78, 5) is -0.954. The van der Waals surface area contributed by atoms with Gasteiger partial charge >= 0.3 is 5.51 Å². The number of aliphatic hydroxyl groups is 1. The summed E-state index contributed by atoms with van der Waals surface area (Å²) in [7, 11) is -5.44. The van der Waals surface area contributed by atoms with Crippen molar-refractivity contribution in [2.75, 3.05) is 0 Å². The fourth-order valence-corrected chi connectivity index (χ4v) is 2.04. The maximum atomic E-state index is 12.3. The number of benzene rings is 1. The Morgan fingerprint density at radius 2 is 2.00 bits per heavy atom. The van der Waals surface area contributed by atoms with Gasteiger partial charge in [0, 0.05) is 0 Å². The molecule has 0 radical (unpaired) electrons. The van der Waals surface area contributed by atoms with Crippen LogP contribution in [0.5, 0.6) is 0 Å². The number of alkyl halides is 3. The Balaban J connectivity index is 3.23. The Kier molecular flexibility index (Phi) is 3.98. The average molecular weight is 279 g/mol. The summed E-state index contributed by atoms with van der Waals surface area (Å²) in [6.45, 7) is 0. The van der Waals surface area contributed by atoms with Crippen LogP contribution in [0.1, 0.15) is 18.1 Å². The summed E-state index contributed by atoms with van der Waals surface area (Å²) in [6, 6.07) is 5.45. The molecule has 0 amide bonds. The molecule has 98 valence electrons. The largest absolute Gasteiger partial charge is 0.501 e. The standard InChI is InChI=1S/C10H8F3NO3S/c11-10(12,13)18(16,17)8-3-1-2-7(6-8)9(15)4-5-14/h1-3,6,9,15H,4H2. The van der Waals surface area contributed by atoms with E-state index in [1.54, 1.807) is 6.07 Å². The first kappa shape index (κ1) is 14.5. The predicted octanol–water partition coefficient (Wildman–Crippen LogP) is 1.93. The predicted molar refractivity (Wildman–Crippen MR) is 54.9 cm³/mol. The van der Waals surface area contributed by atoms with Gasteiger partial charge < -0.3 is 5.11 Å². The molecule has 0 heterocycles. The number of nitrogens with zero attached hydrogens (tertiary/aromatic N) is 1. The van der Waals surface area contributed by atoms with Crippen LogP contribution in [0.25, 0.3) is 0 Å². The molecule has 1 aromatic carbocycles. The van der Waals surface area contributed by atoms with Gasteiger partial charge in [-0.15, -0.1) is 0 Å². The average Bonchev–Trinajstić information content (AvgIpc) is 2.28. The number of hydrogen-bond donors (Lipinski definition) is 1. The van der Waals surface area contributed by atoms with Gasteiger partial charge in [-0.05, 0) is 17.7 Å². The molecular formula is C10H8F3NO3S. The molecule has 0 fully saturated rings. The summed E-state index contributed by atoms with van der Waals surface area (Å²) >= 11 is 0. The Hall–Kier alpha value is -1.59. The van der Waals surface area contributed by atoms with Crippen LogP contribution in [-0.4, -0.2) is 19.0 Å². The van der Waals surface area contributed by atoms with Crippen molar-refractivity contribution in [2.45, 2.75) is 22.9 Å². The summed E-state index contributed by atoms with van der Waals surface area (Å²) in [5.41, 5.74) is -5.45. The van der Waals surface area contributed by atoms with Crippen LogP contribution in [0.15, 0.2) is 29.2 Å². The van der Waals surface area contributed by atoms with Gasteiger partial charge in [0.2, 0.25) is 0 Å². The molecular weight excluding hydrogens is 271 g/mol. The van der Waals surface area contributed by atoms with E-state index < -0.39 is 26.3 Å². The number of sulfone groups is 1. The minimum Gasteiger partial charge on any atom is -0.387 e. The monoisotopic (exact) mass is 279 g/mol. The van der Waals surface area contributed by atoms with Crippen molar-refractivity contribution in [3.8, 4) is 6.07 Å². The SMILES string of the molecule is N#CCC(O)c1cccc(S(=O)(=O)C(F)(F)F)c1. The van der Waals surface area contributed by atoms with Gasteiger partial charge in [-0.3, -0.25) is 0 Å². The van der Waals surface area contributed by atoms with Crippen molar-refractivity contribution in [1.29, 1.82) is 5.26 Å². The van der Waals surface area contributed by atoms with Crippen molar-refractivity contribution < 1.29 is 26.7 Å². The number of halogens is 3. The molecule has 0 spiro atoms. The molecule has 0 aliphatic carbocycles. The molecule has 0 aliphatic rings. The topological polar surface area (TPSA) is 78.2 Å². The van der Waals surface area contributed by atoms with E-state index in [4.69, 9.17) is 5.26 Å². The third kappa shape index (κ3) is 2.80. The highest BCUT2D eigenvalue weighted by atomic mass is 32.2. The molecule has 0 bridgehead atoms. The summed E-state index contributed by atoms with van der Waals surface area (Å²) in [6.07, 6.45) is -1.66. The minimum atomic E-state index is -5.44. The third-order valence-electron chi connectivity index (χ3n) is 2.14. The molecule has 1 N–H and O–H groups in total. The van der Waals surface area contributed by atoms with Gasteiger partial charge in [-0.25, -0.2) is 8.42 Å². The summed E-state index contributed by atoms with van der Waals surface area (Å²) in [5, 5.41) is 17.8. The second kappa shape index (κ2) is 4.96. The number of hydrogen-bond acceptors (Lipinski definition) is 4. The van der Waals surface area contributed by atoms with Gasteiger partial charge in [0.15, 0.2) is 0 Å². The molecule has 1 atom stereocenters. The molecule has 0 saturated carbocycles. The number of nitriles is 1. The van der Waals surface area contributed by atoms with E-state index in [9.17, 15) is 26.7 Å². The highest BCUT2D eigenvalue weighted by Crippen LogP contribution is 2.31. The van der Waals surface area contributed by atoms with Crippen LogP contribution in [0.4, 0.5) is 13.2 Å². The van der Waals surface area contributed by atoms with Gasteiger partial charge in [0.25, 0.3) is 9.84 Å². The Labute approximate surface area is 101 Å². The molecule has 18 heavy (non-hydrogen) atoms. The maximum Gasteiger partial charge on any atom is 0.501 e. The summed E-state index contributed by atoms with van der Waals surface area (Å²) < 4.78 is 59.1. The first-order chi connectivity index (χ1) is 8.20. The quantitative estimate of drug-likeness (QED) is 0.917. The smallest absolute Gasteiger partial charge is 0.387 e.